The molecule has 1 aliphatic rings. The zero-order chi connectivity index (χ0) is 13.2. The Balaban J connectivity index is 2.39. The van der Waals surface area contributed by atoms with E-state index in [-0.39, 0.29) is 26.3 Å². The van der Waals surface area contributed by atoms with Crippen LogP contribution in [0.25, 0.3) is 0 Å². The molecule has 0 aliphatic carbocycles. The third-order valence-corrected chi connectivity index (χ3v) is 4.61. The number of hydrogen-bond acceptors (Lipinski definition) is 5. The Kier molecular flexibility index (Phi) is 3.91. The maximum Gasteiger partial charge on any atom is 0.263 e. The van der Waals surface area contributed by atoms with Crippen molar-refractivity contribution in [1.82, 2.24) is 9.29 Å². The maximum atomic E-state index is 13.5. The second-order valence-electron chi connectivity index (χ2n) is 3.87. The quantitative estimate of drug-likeness (QED) is 0.809. The van der Waals surface area contributed by atoms with Crippen molar-refractivity contribution in [3.8, 4) is 0 Å². The molecule has 0 aromatic carbocycles. The fraction of sp³-hybridized carbons (Fsp3) is 0.500. The lowest BCUT2D eigenvalue weighted by molar-refractivity contribution is 0.0356. The zero-order valence-electron chi connectivity index (χ0n) is 9.62. The van der Waals surface area contributed by atoms with Crippen LogP contribution in [0.1, 0.15) is 0 Å². The molecule has 2 N–H and O–H groups in total. The summed E-state index contributed by atoms with van der Waals surface area (Å²) >= 11 is 0. The van der Waals surface area contributed by atoms with Gasteiger partial charge in [0.05, 0.1) is 19.3 Å². The van der Waals surface area contributed by atoms with Crippen molar-refractivity contribution >= 4 is 10.0 Å². The summed E-state index contributed by atoms with van der Waals surface area (Å²) in [5.74, 6) is -0.861. The monoisotopic (exact) mass is 275 g/mol. The molecule has 1 aliphatic heterocycles. The molecule has 0 saturated carbocycles. The highest BCUT2D eigenvalue weighted by atomic mass is 32.2. The molecule has 8 heteroatoms. The average molecular weight is 275 g/mol. The van der Waals surface area contributed by atoms with Crippen molar-refractivity contribution in [3.63, 3.8) is 0 Å². The Morgan fingerprint density at radius 3 is 3.06 bits per heavy atom. The number of aromatic nitrogens is 1. The molecule has 1 unspecified atom stereocenters. The Morgan fingerprint density at radius 1 is 1.61 bits per heavy atom. The molecule has 1 atom stereocenters. The molecule has 18 heavy (non-hydrogen) atoms. The number of halogens is 1. The summed E-state index contributed by atoms with van der Waals surface area (Å²) < 4.78 is 44.4. The van der Waals surface area contributed by atoms with E-state index in [0.717, 1.165) is 10.4 Å². The van der Waals surface area contributed by atoms with Crippen LogP contribution in [0.15, 0.2) is 23.4 Å². The van der Waals surface area contributed by atoms with Crippen LogP contribution in [0.5, 0.6) is 0 Å². The number of morpholine rings is 1. The Bertz CT molecular complexity index is 523. The number of rotatable bonds is 3. The van der Waals surface area contributed by atoms with E-state index < -0.39 is 26.9 Å². The van der Waals surface area contributed by atoms with Gasteiger partial charge in [0.2, 0.25) is 5.03 Å². The van der Waals surface area contributed by atoms with Crippen molar-refractivity contribution in [2.45, 2.75) is 11.1 Å². The van der Waals surface area contributed by atoms with Crippen LogP contribution < -0.4 is 5.73 Å². The van der Waals surface area contributed by atoms with Crippen molar-refractivity contribution in [1.29, 1.82) is 0 Å². The molecule has 100 valence electrons. The van der Waals surface area contributed by atoms with Gasteiger partial charge in [-0.15, -0.1) is 0 Å². The van der Waals surface area contributed by atoms with Crippen LogP contribution in [0.4, 0.5) is 4.39 Å². The van der Waals surface area contributed by atoms with Crippen molar-refractivity contribution in [2.75, 3.05) is 26.3 Å². The van der Waals surface area contributed by atoms with Gasteiger partial charge in [0.15, 0.2) is 5.82 Å². The van der Waals surface area contributed by atoms with Gasteiger partial charge in [-0.2, -0.15) is 4.31 Å². The highest BCUT2D eigenvalue weighted by Gasteiger charge is 2.35. The second kappa shape index (κ2) is 5.27. The zero-order valence-corrected chi connectivity index (χ0v) is 10.4. The summed E-state index contributed by atoms with van der Waals surface area (Å²) in [5.41, 5.74) is 5.51. The van der Waals surface area contributed by atoms with E-state index in [1.54, 1.807) is 0 Å². The summed E-state index contributed by atoms with van der Waals surface area (Å²) in [4.78, 5) is 3.61. The Morgan fingerprint density at radius 2 is 2.39 bits per heavy atom. The fourth-order valence-corrected chi connectivity index (χ4v) is 3.40. The number of ether oxygens (including phenoxy) is 1. The third-order valence-electron chi connectivity index (χ3n) is 2.72. The molecule has 0 amide bonds. The summed E-state index contributed by atoms with van der Waals surface area (Å²) in [7, 11) is -3.97. The lowest BCUT2D eigenvalue weighted by Crippen LogP contribution is -2.52. The molecule has 0 spiro atoms. The third kappa shape index (κ3) is 2.37. The molecule has 1 saturated heterocycles. The first-order valence-corrected chi connectivity index (χ1v) is 6.91. The van der Waals surface area contributed by atoms with Crippen LogP contribution in [0, 0.1) is 5.82 Å². The highest BCUT2D eigenvalue weighted by molar-refractivity contribution is 7.89. The lowest BCUT2D eigenvalue weighted by Gasteiger charge is -2.33. The minimum absolute atomic E-state index is 0.119. The summed E-state index contributed by atoms with van der Waals surface area (Å²) in [6.07, 6.45) is 1.24. The highest BCUT2D eigenvalue weighted by Crippen LogP contribution is 2.20. The number of pyridine rings is 1. The average Bonchev–Trinajstić information content (AvgIpc) is 2.39. The first-order chi connectivity index (χ1) is 8.57. The van der Waals surface area contributed by atoms with Gasteiger partial charge in [-0.05, 0) is 12.1 Å². The summed E-state index contributed by atoms with van der Waals surface area (Å²) in [6.45, 7) is 0.752. The predicted octanol–water partition coefficient (Wildman–Crippen LogP) is -0.431. The summed E-state index contributed by atoms with van der Waals surface area (Å²) in [6, 6.07) is 1.93. The van der Waals surface area contributed by atoms with Gasteiger partial charge in [-0.1, -0.05) is 0 Å². The van der Waals surface area contributed by atoms with E-state index in [1.807, 2.05) is 0 Å². The Hall–Kier alpha value is -1.09. The molecular formula is C10H14FN3O3S. The fourth-order valence-electron chi connectivity index (χ4n) is 1.81. The largest absolute Gasteiger partial charge is 0.378 e. The normalized spacial score (nSPS) is 22.0. The van der Waals surface area contributed by atoms with Gasteiger partial charge >= 0.3 is 0 Å². The van der Waals surface area contributed by atoms with E-state index >= 15 is 0 Å². The minimum Gasteiger partial charge on any atom is -0.378 e. The van der Waals surface area contributed by atoms with Crippen molar-refractivity contribution in [2.24, 2.45) is 5.73 Å². The van der Waals surface area contributed by atoms with Gasteiger partial charge < -0.3 is 10.5 Å². The van der Waals surface area contributed by atoms with Crippen LogP contribution in [-0.4, -0.2) is 50.1 Å². The summed E-state index contributed by atoms with van der Waals surface area (Å²) in [5, 5.41) is -0.564. The SMILES string of the molecule is NCC1COCCN1S(=O)(=O)c1ncccc1F. The van der Waals surface area contributed by atoms with Gasteiger partial charge in [0.25, 0.3) is 10.0 Å². The number of sulfonamides is 1. The van der Waals surface area contributed by atoms with Crippen LogP contribution >= 0.6 is 0 Å². The van der Waals surface area contributed by atoms with Gasteiger partial charge in [-0.25, -0.2) is 17.8 Å². The van der Waals surface area contributed by atoms with E-state index in [4.69, 9.17) is 10.5 Å². The first-order valence-electron chi connectivity index (χ1n) is 5.47. The molecule has 2 rings (SSSR count). The van der Waals surface area contributed by atoms with Crippen LogP contribution in [0.2, 0.25) is 0 Å². The maximum absolute atomic E-state index is 13.5. The molecule has 2 heterocycles. The number of nitrogens with two attached hydrogens (primary N) is 1. The van der Waals surface area contributed by atoms with E-state index in [2.05, 4.69) is 4.98 Å². The number of nitrogens with zero attached hydrogens (tertiary/aromatic N) is 2. The van der Waals surface area contributed by atoms with Crippen LogP contribution in [0.3, 0.4) is 0 Å². The molecular weight excluding hydrogens is 261 g/mol. The topological polar surface area (TPSA) is 85.5 Å². The lowest BCUT2D eigenvalue weighted by atomic mass is 10.3. The molecule has 0 radical (unpaired) electrons. The van der Waals surface area contributed by atoms with Crippen molar-refractivity contribution < 1.29 is 17.5 Å². The van der Waals surface area contributed by atoms with E-state index in [9.17, 15) is 12.8 Å². The predicted molar refractivity (Wildman–Crippen MR) is 61.7 cm³/mol. The van der Waals surface area contributed by atoms with E-state index in [0.29, 0.717) is 0 Å². The van der Waals surface area contributed by atoms with Gasteiger partial charge in [0.1, 0.15) is 0 Å². The van der Waals surface area contributed by atoms with Crippen molar-refractivity contribution in [3.05, 3.63) is 24.1 Å². The van der Waals surface area contributed by atoms with Gasteiger partial charge in [0, 0.05) is 19.3 Å². The molecule has 6 nitrogen and oxygen atoms in total. The second-order valence-corrected chi connectivity index (χ2v) is 5.68. The molecule has 1 aromatic heterocycles. The molecule has 1 fully saturated rings. The number of hydrogen-bond donors (Lipinski definition) is 1. The first kappa shape index (κ1) is 13.3. The smallest absolute Gasteiger partial charge is 0.263 e. The Labute approximate surface area is 105 Å². The molecule has 0 bridgehead atoms. The van der Waals surface area contributed by atoms with Crippen LogP contribution in [-0.2, 0) is 14.8 Å². The van der Waals surface area contributed by atoms with E-state index in [1.165, 1.54) is 12.3 Å². The van der Waals surface area contributed by atoms with Gasteiger partial charge in [-0.3, -0.25) is 0 Å². The standard InChI is InChI=1S/C10H14FN3O3S/c11-9-2-1-3-13-10(9)18(15,16)14-4-5-17-7-8(14)6-12/h1-3,8H,4-7,12H2. The minimum atomic E-state index is -3.97. The molecule has 1 aromatic rings.